The molecule has 0 saturated heterocycles. The molecule has 8 nitrogen and oxygen atoms in total. The molecule has 0 saturated carbocycles. The lowest BCUT2D eigenvalue weighted by Gasteiger charge is -2.36. The number of likely N-dealkylation sites (N-methyl/N-ethyl adjacent to an activating group) is 1. The van der Waals surface area contributed by atoms with Crippen LogP contribution in [-0.4, -0.2) is 50.0 Å². The van der Waals surface area contributed by atoms with E-state index in [1.165, 1.54) is 12.1 Å². The minimum absolute atomic E-state index is 0.128. The van der Waals surface area contributed by atoms with Gasteiger partial charge in [-0.05, 0) is 31.9 Å². The Bertz CT molecular complexity index is 1160. The van der Waals surface area contributed by atoms with Crippen molar-refractivity contribution < 1.29 is 18.7 Å². The van der Waals surface area contributed by atoms with E-state index in [4.69, 9.17) is 0 Å². The molecular formula is C22H24F2N6O2. The summed E-state index contributed by atoms with van der Waals surface area (Å²) in [6, 6.07) is 3.35. The second-order valence-corrected chi connectivity index (χ2v) is 7.97. The smallest absolute Gasteiger partial charge is 0.249 e. The summed E-state index contributed by atoms with van der Waals surface area (Å²) in [6.07, 6.45) is 3.72. The third kappa shape index (κ3) is 4.18. The lowest BCUT2D eigenvalue weighted by Crippen LogP contribution is -2.52. The average Bonchev–Trinajstić information content (AvgIpc) is 3.18. The summed E-state index contributed by atoms with van der Waals surface area (Å²) in [4.78, 5) is 23.1. The van der Waals surface area contributed by atoms with Crippen LogP contribution >= 0.6 is 0 Å². The quantitative estimate of drug-likeness (QED) is 0.608. The van der Waals surface area contributed by atoms with Gasteiger partial charge in [-0.25, -0.2) is 18.7 Å². The van der Waals surface area contributed by atoms with Crippen LogP contribution in [0, 0.1) is 18.6 Å². The number of benzene rings is 1. The molecule has 0 aliphatic carbocycles. The van der Waals surface area contributed by atoms with Crippen LogP contribution in [0.25, 0.3) is 0 Å². The molecule has 1 amide bonds. The number of anilines is 2. The molecule has 2 aromatic heterocycles. The van der Waals surface area contributed by atoms with Crippen molar-refractivity contribution in [3.8, 4) is 0 Å². The molecule has 32 heavy (non-hydrogen) atoms. The van der Waals surface area contributed by atoms with Crippen LogP contribution in [0.1, 0.15) is 29.6 Å². The lowest BCUT2D eigenvalue weighted by molar-refractivity contribution is -0.119. The maximum absolute atomic E-state index is 13.9. The number of amides is 1. The number of aromatic nitrogens is 4. The van der Waals surface area contributed by atoms with E-state index in [0.29, 0.717) is 35.9 Å². The standard InChI is InChI=1S/C22H24F2N6O2/c1-12-19-21(29(3)20(13(2)31)22(32)28-19)27-17(26-12)8-7-14-9-25-30(10-14)11-15-5-4-6-16(23)18(15)24/h4-6,9-10,13,20,31H,7-8,11H2,1-3H3,(H,28,32)/t13-,20-/m0/s1. The zero-order valence-corrected chi connectivity index (χ0v) is 18.0. The van der Waals surface area contributed by atoms with Crippen molar-refractivity contribution in [1.29, 1.82) is 0 Å². The Morgan fingerprint density at radius 3 is 2.78 bits per heavy atom. The zero-order chi connectivity index (χ0) is 23.0. The summed E-state index contributed by atoms with van der Waals surface area (Å²) in [5, 5.41) is 17.0. The Hall–Kier alpha value is -3.40. The van der Waals surface area contributed by atoms with Crippen molar-refractivity contribution in [1.82, 2.24) is 19.7 Å². The van der Waals surface area contributed by atoms with Crippen LogP contribution in [0.3, 0.4) is 0 Å². The molecule has 10 heteroatoms. The third-order valence-electron chi connectivity index (χ3n) is 5.53. The first kappa shape index (κ1) is 21.8. The predicted octanol–water partition coefficient (Wildman–Crippen LogP) is 2.23. The first-order valence-electron chi connectivity index (χ1n) is 10.3. The fourth-order valence-electron chi connectivity index (χ4n) is 3.90. The van der Waals surface area contributed by atoms with Crippen LogP contribution in [0.5, 0.6) is 0 Å². The monoisotopic (exact) mass is 442 g/mol. The van der Waals surface area contributed by atoms with Gasteiger partial charge in [0.2, 0.25) is 5.91 Å². The summed E-state index contributed by atoms with van der Waals surface area (Å²) in [5.41, 5.74) is 2.32. The molecule has 3 heterocycles. The number of halogens is 2. The van der Waals surface area contributed by atoms with E-state index in [-0.39, 0.29) is 18.0 Å². The zero-order valence-electron chi connectivity index (χ0n) is 18.0. The fourth-order valence-corrected chi connectivity index (χ4v) is 3.90. The van der Waals surface area contributed by atoms with Crippen molar-refractivity contribution in [3.05, 3.63) is 64.9 Å². The number of nitrogens with zero attached hydrogens (tertiary/aromatic N) is 5. The highest BCUT2D eigenvalue weighted by atomic mass is 19.2. The number of fused-ring (bicyclic) bond motifs is 1. The van der Waals surface area contributed by atoms with Gasteiger partial charge in [0.1, 0.15) is 17.6 Å². The molecule has 0 unspecified atom stereocenters. The van der Waals surface area contributed by atoms with Crippen molar-refractivity contribution in [2.75, 3.05) is 17.3 Å². The number of nitrogens with one attached hydrogen (secondary N) is 1. The van der Waals surface area contributed by atoms with Gasteiger partial charge in [-0.1, -0.05) is 12.1 Å². The molecule has 168 valence electrons. The van der Waals surface area contributed by atoms with Crippen molar-refractivity contribution in [2.24, 2.45) is 0 Å². The van der Waals surface area contributed by atoms with Gasteiger partial charge >= 0.3 is 0 Å². The highest BCUT2D eigenvalue weighted by Gasteiger charge is 2.36. The van der Waals surface area contributed by atoms with Crippen molar-refractivity contribution in [3.63, 3.8) is 0 Å². The molecule has 2 N–H and O–H groups in total. The number of carbonyl (C=O) groups excluding carboxylic acids is 1. The first-order valence-corrected chi connectivity index (χ1v) is 10.3. The van der Waals surface area contributed by atoms with E-state index < -0.39 is 23.8 Å². The first-order chi connectivity index (χ1) is 15.2. The Balaban J connectivity index is 1.48. The largest absolute Gasteiger partial charge is 0.391 e. The fraction of sp³-hybridized carbons (Fsp3) is 0.364. The van der Waals surface area contributed by atoms with E-state index in [2.05, 4.69) is 20.4 Å². The van der Waals surface area contributed by atoms with Crippen LogP contribution < -0.4 is 10.2 Å². The molecule has 0 fully saturated rings. The summed E-state index contributed by atoms with van der Waals surface area (Å²) in [5.74, 6) is -0.882. The molecule has 2 atom stereocenters. The number of carbonyl (C=O) groups is 1. The molecule has 4 rings (SSSR count). The van der Waals surface area contributed by atoms with Crippen LogP contribution in [0.4, 0.5) is 20.3 Å². The Kier molecular flexibility index (Phi) is 5.88. The Morgan fingerprint density at radius 1 is 1.25 bits per heavy atom. The number of aliphatic hydroxyl groups is 1. The van der Waals surface area contributed by atoms with Crippen LogP contribution in [0.2, 0.25) is 0 Å². The number of aryl methyl sites for hydroxylation is 3. The van der Waals surface area contributed by atoms with E-state index in [0.717, 1.165) is 11.6 Å². The second-order valence-electron chi connectivity index (χ2n) is 7.97. The van der Waals surface area contributed by atoms with E-state index in [9.17, 15) is 18.7 Å². The molecule has 0 radical (unpaired) electrons. The summed E-state index contributed by atoms with van der Waals surface area (Å²) in [7, 11) is 1.72. The maximum Gasteiger partial charge on any atom is 0.249 e. The summed E-state index contributed by atoms with van der Waals surface area (Å²) < 4.78 is 28.9. The lowest BCUT2D eigenvalue weighted by atomic mass is 10.1. The van der Waals surface area contributed by atoms with Gasteiger partial charge in [0.15, 0.2) is 17.5 Å². The second kappa shape index (κ2) is 8.62. The number of rotatable bonds is 6. The van der Waals surface area contributed by atoms with E-state index >= 15 is 0 Å². The van der Waals surface area contributed by atoms with Crippen LogP contribution in [-0.2, 0) is 24.2 Å². The maximum atomic E-state index is 13.9. The third-order valence-corrected chi connectivity index (χ3v) is 5.53. The number of hydrogen-bond acceptors (Lipinski definition) is 6. The van der Waals surface area contributed by atoms with Crippen molar-refractivity contribution in [2.45, 2.75) is 45.4 Å². The van der Waals surface area contributed by atoms with Gasteiger partial charge in [-0.3, -0.25) is 9.48 Å². The van der Waals surface area contributed by atoms with Gasteiger partial charge in [0, 0.05) is 25.2 Å². The van der Waals surface area contributed by atoms with E-state index in [1.54, 1.807) is 42.9 Å². The van der Waals surface area contributed by atoms with Crippen molar-refractivity contribution >= 4 is 17.4 Å². The molecule has 0 spiro atoms. The molecule has 1 aliphatic rings. The molecule has 0 bridgehead atoms. The highest BCUT2D eigenvalue weighted by Crippen LogP contribution is 2.32. The van der Waals surface area contributed by atoms with Gasteiger partial charge in [-0.2, -0.15) is 5.10 Å². The molecule has 3 aromatic rings. The van der Waals surface area contributed by atoms with Crippen LogP contribution in [0.15, 0.2) is 30.6 Å². The molecular weight excluding hydrogens is 418 g/mol. The molecule has 1 aliphatic heterocycles. The summed E-state index contributed by atoms with van der Waals surface area (Å²) in [6.45, 7) is 3.49. The number of aliphatic hydroxyl groups excluding tert-OH is 1. The number of hydrogen-bond donors (Lipinski definition) is 2. The summed E-state index contributed by atoms with van der Waals surface area (Å²) >= 11 is 0. The Morgan fingerprint density at radius 2 is 2.03 bits per heavy atom. The Labute approximate surface area is 183 Å². The minimum Gasteiger partial charge on any atom is -0.391 e. The molecule has 1 aromatic carbocycles. The van der Waals surface area contributed by atoms with Gasteiger partial charge in [-0.15, -0.1) is 0 Å². The predicted molar refractivity (Wildman–Crippen MR) is 114 cm³/mol. The van der Waals surface area contributed by atoms with Gasteiger partial charge in [0.05, 0.1) is 24.5 Å². The van der Waals surface area contributed by atoms with E-state index in [1.807, 2.05) is 0 Å². The normalized spacial score (nSPS) is 16.6. The minimum atomic E-state index is -0.881. The SMILES string of the molecule is Cc1nc(CCc2cnn(Cc3cccc(F)c3F)c2)nc2c1NC(=O)[C@H]([C@H](C)O)N2C. The highest BCUT2D eigenvalue weighted by molar-refractivity contribution is 6.03. The average molecular weight is 442 g/mol. The topological polar surface area (TPSA) is 96.2 Å². The van der Waals surface area contributed by atoms with Gasteiger partial charge in [0.25, 0.3) is 0 Å². The van der Waals surface area contributed by atoms with Gasteiger partial charge < -0.3 is 15.3 Å².